The molecule has 0 aromatic rings. The fourth-order valence-electron chi connectivity index (χ4n) is 0.351. The highest BCUT2D eigenvalue weighted by atomic mass is 28.4. The monoisotopic (exact) mass is 209 g/mol. The minimum absolute atomic E-state index is 0.671. The summed E-state index contributed by atoms with van der Waals surface area (Å²) in [6.07, 6.45) is 0.911. The lowest BCUT2D eigenvalue weighted by atomic mass is 10.5. The molecule has 0 saturated heterocycles. The van der Waals surface area contributed by atoms with Crippen molar-refractivity contribution in [3.05, 3.63) is 0 Å². The fourth-order valence-corrected chi connectivity index (χ4v) is 1.05. The molecule has 6 heteroatoms. The SMILES string of the molecule is C[Si](=O)CCCN.C[Si](C)(O)O. The lowest BCUT2D eigenvalue weighted by Crippen LogP contribution is -2.23. The number of hydrogen-bond donors (Lipinski definition) is 3. The molecule has 0 spiro atoms. The molecule has 0 aliphatic carbocycles. The third-order valence-corrected chi connectivity index (χ3v) is 1.79. The number of hydrogen-bond acceptors (Lipinski definition) is 4. The van der Waals surface area contributed by atoms with Gasteiger partial charge in [0, 0.05) is 0 Å². The first-order valence-corrected chi connectivity index (χ1v) is 8.92. The van der Waals surface area contributed by atoms with Crippen LogP contribution in [0, 0.1) is 0 Å². The van der Waals surface area contributed by atoms with E-state index in [2.05, 4.69) is 0 Å². The van der Waals surface area contributed by atoms with E-state index in [1.165, 1.54) is 13.1 Å². The maximum absolute atomic E-state index is 10.3. The van der Waals surface area contributed by atoms with Crippen molar-refractivity contribution in [3.63, 3.8) is 0 Å². The topological polar surface area (TPSA) is 83.6 Å². The average Bonchev–Trinajstić information content (AvgIpc) is 1.79. The quantitative estimate of drug-likeness (QED) is 0.574. The van der Waals surface area contributed by atoms with E-state index in [0.29, 0.717) is 6.54 Å². The first kappa shape index (κ1) is 14.6. The van der Waals surface area contributed by atoms with E-state index in [1.807, 2.05) is 0 Å². The molecule has 0 aliphatic rings. The predicted octanol–water partition coefficient (Wildman–Crippen LogP) is 0.0598. The Labute approximate surface area is 76.3 Å². The standard InChI is InChI=1S/C4H11NOSi.C2H8O2Si/c1-7(6)4-2-3-5;1-5(2,3)4/h2-5H2,1H3;3-4H,1-2H3. The van der Waals surface area contributed by atoms with Crippen LogP contribution in [0.3, 0.4) is 0 Å². The van der Waals surface area contributed by atoms with Crippen molar-refractivity contribution in [2.45, 2.75) is 32.1 Å². The summed E-state index contributed by atoms with van der Waals surface area (Å²) in [7, 11) is -3.84. The Kier molecular flexibility index (Phi) is 9.44. The normalized spacial score (nSPS) is 10.2. The molecule has 4 N–H and O–H groups in total. The third kappa shape index (κ3) is 49.6. The van der Waals surface area contributed by atoms with E-state index in [4.69, 9.17) is 15.3 Å². The van der Waals surface area contributed by atoms with Crippen LogP contribution in [0.25, 0.3) is 0 Å². The summed E-state index contributed by atoms with van der Waals surface area (Å²) in [4.78, 5) is 16.4. The second-order valence-electron chi connectivity index (χ2n) is 3.09. The Morgan fingerprint density at radius 1 is 1.42 bits per heavy atom. The Bertz CT molecular complexity index is 118. The molecule has 0 rings (SSSR count). The van der Waals surface area contributed by atoms with Gasteiger partial charge in [0.1, 0.15) is 0 Å². The zero-order valence-electron chi connectivity index (χ0n) is 8.00. The van der Waals surface area contributed by atoms with Crippen molar-refractivity contribution in [3.8, 4) is 0 Å². The van der Waals surface area contributed by atoms with Gasteiger partial charge in [-0.1, -0.05) is 0 Å². The minimum Gasteiger partial charge on any atom is -0.411 e. The summed E-state index contributed by atoms with van der Waals surface area (Å²) >= 11 is 0. The highest BCUT2D eigenvalue weighted by Gasteiger charge is 2.08. The molecular formula is C6H19NO3Si2. The van der Waals surface area contributed by atoms with Crippen LogP contribution in [0.5, 0.6) is 0 Å². The lowest BCUT2D eigenvalue weighted by molar-refractivity contribution is 0.382. The molecule has 0 amide bonds. The Morgan fingerprint density at radius 2 is 1.75 bits per heavy atom. The molecule has 0 saturated carbocycles. The smallest absolute Gasteiger partial charge is 0.326 e. The van der Waals surface area contributed by atoms with Crippen molar-refractivity contribution in [1.82, 2.24) is 0 Å². The second-order valence-corrected chi connectivity index (χ2v) is 7.98. The largest absolute Gasteiger partial charge is 0.411 e. The third-order valence-electron chi connectivity index (χ3n) is 0.733. The Balaban J connectivity index is 0. The molecule has 0 bridgehead atoms. The number of nitrogens with two attached hydrogens (primary N) is 1. The van der Waals surface area contributed by atoms with Gasteiger partial charge < -0.3 is 19.8 Å². The van der Waals surface area contributed by atoms with Gasteiger partial charge in [0.2, 0.25) is 0 Å². The van der Waals surface area contributed by atoms with Crippen molar-refractivity contribution in [2.24, 2.45) is 5.73 Å². The van der Waals surface area contributed by atoms with Crippen LogP contribution >= 0.6 is 0 Å². The van der Waals surface area contributed by atoms with Crippen molar-refractivity contribution >= 4 is 17.2 Å². The van der Waals surface area contributed by atoms with E-state index in [1.54, 1.807) is 6.55 Å². The van der Waals surface area contributed by atoms with E-state index in [9.17, 15) is 4.46 Å². The van der Waals surface area contributed by atoms with Crippen LogP contribution in [0.2, 0.25) is 25.7 Å². The van der Waals surface area contributed by atoms with Crippen molar-refractivity contribution < 1.29 is 14.1 Å². The molecule has 0 radical (unpaired) electrons. The summed E-state index contributed by atoms with van der Waals surface area (Å²) in [6, 6.07) is 0.821. The molecular weight excluding hydrogens is 190 g/mol. The minimum atomic E-state index is -2.61. The highest BCUT2D eigenvalue weighted by Crippen LogP contribution is 1.85. The van der Waals surface area contributed by atoms with Gasteiger partial charge in [0.15, 0.2) is 0 Å². The van der Waals surface area contributed by atoms with E-state index in [-0.39, 0.29) is 0 Å². The molecule has 0 aromatic carbocycles. The van der Waals surface area contributed by atoms with Crippen molar-refractivity contribution in [1.29, 1.82) is 0 Å². The summed E-state index contributed by atoms with van der Waals surface area (Å²) in [5.41, 5.74) is 5.15. The molecule has 12 heavy (non-hydrogen) atoms. The molecule has 0 atom stereocenters. The van der Waals surface area contributed by atoms with Gasteiger partial charge in [-0.3, -0.25) is 0 Å². The summed E-state index contributed by atoms with van der Waals surface area (Å²) < 4.78 is 10.3. The van der Waals surface area contributed by atoms with Gasteiger partial charge in [0.25, 0.3) is 8.68 Å². The lowest BCUT2D eigenvalue weighted by Gasteiger charge is -1.97. The van der Waals surface area contributed by atoms with E-state index >= 15 is 0 Å². The van der Waals surface area contributed by atoms with E-state index < -0.39 is 17.2 Å². The van der Waals surface area contributed by atoms with Gasteiger partial charge in [-0.25, -0.2) is 0 Å². The second kappa shape index (κ2) is 7.75. The summed E-state index contributed by atoms with van der Waals surface area (Å²) in [5.74, 6) is 0. The van der Waals surface area contributed by atoms with Gasteiger partial charge in [-0.05, 0) is 38.7 Å². The first-order valence-electron chi connectivity index (χ1n) is 3.91. The van der Waals surface area contributed by atoms with Gasteiger partial charge in [-0.15, -0.1) is 0 Å². The molecule has 0 fully saturated rings. The maximum Gasteiger partial charge on any atom is 0.326 e. The van der Waals surface area contributed by atoms with Crippen LogP contribution in [0.4, 0.5) is 0 Å². The molecule has 0 aromatic heterocycles. The van der Waals surface area contributed by atoms with Crippen LogP contribution in [0.1, 0.15) is 6.42 Å². The van der Waals surface area contributed by atoms with Crippen LogP contribution in [0.15, 0.2) is 0 Å². The van der Waals surface area contributed by atoms with E-state index in [0.717, 1.165) is 12.5 Å². The van der Waals surface area contributed by atoms with Gasteiger partial charge >= 0.3 is 8.56 Å². The van der Waals surface area contributed by atoms with Gasteiger partial charge in [-0.2, -0.15) is 0 Å². The van der Waals surface area contributed by atoms with Crippen molar-refractivity contribution in [2.75, 3.05) is 6.54 Å². The molecule has 74 valence electrons. The molecule has 0 aliphatic heterocycles. The van der Waals surface area contributed by atoms with Crippen LogP contribution in [-0.2, 0) is 4.46 Å². The Morgan fingerprint density at radius 3 is 1.83 bits per heavy atom. The summed E-state index contributed by atoms with van der Waals surface area (Å²) in [6.45, 7) is 5.31. The fraction of sp³-hybridized carbons (Fsp3) is 1.00. The average molecular weight is 209 g/mol. The van der Waals surface area contributed by atoms with Crippen LogP contribution in [-0.4, -0.2) is 33.4 Å². The first-order chi connectivity index (χ1) is 5.27. The predicted molar refractivity (Wildman–Crippen MR) is 52.7 cm³/mol. The van der Waals surface area contributed by atoms with Gasteiger partial charge in [0.05, 0.1) is 0 Å². The zero-order valence-corrected chi connectivity index (χ0v) is 10.0. The Hall–Kier alpha value is 0.114. The maximum atomic E-state index is 10.3. The molecule has 0 heterocycles. The van der Waals surface area contributed by atoms with Crippen LogP contribution < -0.4 is 5.73 Å². The summed E-state index contributed by atoms with van der Waals surface area (Å²) in [5, 5.41) is 0. The number of rotatable bonds is 3. The molecule has 0 unspecified atom stereocenters. The zero-order chi connectivity index (χ0) is 10.2. The molecule has 4 nitrogen and oxygen atoms in total. The highest BCUT2D eigenvalue weighted by molar-refractivity contribution is 6.61.